The molecule has 0 radical (unpaired) electrons. The topological polar surface area (TPSA) is 98.5 Å². The lowest BCUT2D eigenvalue weighted by molar-refractivity contribution is -0.166. The van der Waals surface area contributed by atoms with Gasteiger partial charge in [0.1, 0.15) is 12.4 Å². The van der Waals surface area contributed by atoms with Crippen LogP contribution in [-0.2, 0) is 17.9 Å². The van der Waals surface area contributed by atoms with Crippen LogP contribution in [0.3, 0.4) is 0 Å². The van der Waals surface area contributed by atoms with Crippen LogP contribution >= 0.6 is 17.0 Å². The van der Waals surface area contributed by atoms with Crippen molar-refractivity contribution < 1.29 is 9.57 Å². The molecule has 0 fully saturated rings. The summed E-state index contributed by atoms with van der Waals surface area (Å²) in [7, 11) is 0. The first-order valence-electron chi connectivity index (χ1n) is 9.32. The molecule has 0 saturated heterocycles. The van der Waals surface area contributed by atoms with Crippen molar-refractivity contribution >= 4 is 28.9 Å². The molecule has 2 aromatic rings. The van der Waals surface area contributed by atoms with E-state index < -0.39 is 5.66 Å². The van der Waals surface area contributed by atoms with E-state index in [-0.39, 0.29) is 28.9 Å². The van der Waals surface area contributed by atoms with Gasteiger partial charge in [0.2, 0.25) is 11.9 Å². The molecule has 4 N–H and O–H groups in total. The van der Waals surface area contributed by atoms with Gasteiger partial charge in [-0.15, -0.1) is 17.0 Å². The molecule has 1 aliphatic rings. The molecular weight excluding hydrogens is 434 g/mol. The van der Waals surface area contributed by atoms with Gasteiger partial charge in [-0.3, -0.25) is 4.84 Å². The molecule has 0 bridgehead atoms. The van der Waals surface area contributed by atoms with Crippen LogP contribution in [0.1, 0.15) is 31.4 Å². The van der Waals surface area contributed by atoms with Crippen molar-refractivity contribution in [1.82, 2.24) is 5.06 Å². The van der Waals surface area contributed by atoms with E-state index in [2.05, 4.69) is 34.3 Å². The Hall–Kier alpha value is -2.58. The quantitative estimate of drug-likeness (QED) is 0.586. The van der Waals surface area contributed by atoms with Crippen LogP contribution in [0.4, 0.5) is 0 Å². The molecule has 0 spiro atoms. The van der Waals surface area contributed by atoms with Gasteiger partial charge in [-0.1, -0.05) is 42.5 Å². The maximum Gasteiger partial charge on any atom is 0.226 e. The van der Waals surface area contributed by atoms with Crippen molar-refractivity contribution in [2.45, 2.75) is 39.0 Å². The minimum atomic E-state index is -0.721. The Bertz CT molecular complexity index is 855. The van der Waals surface area contributed by atoms with Gasteiger partial charge < -0.3 is 16.2 Å². The van der Waals surface area contributed by atoms with E-state index in [4.69, 9.17) is 21.0 Å². The van der Waals surface area contributed by atoms with Crippen LogP contribution in [0.25, 0.3) is 0 Å². The van der Waals surface area contributed by atoms with E-state index >= 15 is 0 Å². The van der Waals surface area contributed by atoms with Crippen LogP contribution in [0.5, 0.6) is 5.75 Å². The lowest BCUT2D eigenvalue weighted by atomic mass is 10.1. The highest BCUT2D eigenvalue weighted by molar-refractivity contribution is 8.93. The molecule has 1 aliphatic heterocycles. The van der Waals surface area contributed by atoms with Gasteiger partial charge in [-0.05, 0) is 49.9 Å². The summed E-state index contributed by atoms with van der Waals surface area (Å²) in [6, 6.07) is 18.2. The maximum atomic E-state index is 5.93. The molecule has 0 unspecified atom stereocenters. The zero-order valence-corrected chi connectivity index (χ0v) is 18.5. The van der Waals surface area contributed by atoms with Crippen molar-refractivity contribution in [3.63, 3.8) is 0 Å². The van der Waals surface area contributed by atoms with E-state index in [9.17, 15) is 0 Å². The van der Waals surface area contributed by atoms with Gasteiger partial charge in [0, 0.05) is 0 Å². The number of aliphatic imine (C=N–C) groups is 2. The Labute approximate surface area is 182 Å². The fraction of sp³-hybridized carbons (Fsp3) is 0.333. The summed E-state index contributed by atoms with van der Waals surface area (Å²) >= 11 is 0. The third-order valence-corrected chi connectivity index (χ3v) is 4.30. The highest BCUT2D eigenvalue weighted by Gasteiger charge is 2.33. The van der Waals surface area contributed by atoms with E-state index in [1.165, 1.54) is 10.6 Å². The van der Waals surface area contributed by atoms with Crippen LogP contribution in [0, 0.1) is 0 Å². The van der Waals surface area contributed by atoms with Gasteiger partial charge in [-0.2, -0.15) is 10.1 Å². The fourth-order valence-electron chi connectivity index (χ4n) is 2.99. The molecule has 0 aromatic heterocycles. The SMILES string of the molecule is Br.CC1(C)N=C(N)N=C(N)N1OCc1cccc(OCCCc2ccccc2)c1. The Morgan fingerprint density at radius 3 is 2.45 bits per heavy atom. The van der Waals surface area contributed by atoms with Crippen molar-refractivity contribution in [3.05, 3.63) is 65.7 Å². The summed E-state index contributed by atoms with van der Waals surface area (Å²) in [4.78, 5) is 14.1. The molecule has 29 heavy (non-hydrogen) atoms. The standard InChI is InChI=1S/C21H27N5O2.BrH/c1-21(2)25-19(22)24-20(23)26(21)28-15-17-10-6-12-18(14-17)27-13-7-11-16-8-4-3-5-9-16;/h3-6,8-10,12,14H,7,11,13,15H2,1-2H3,(H4,22,23,24,25);1H. The summed E-state index contributed by atoms with van der Waals surface area (Å²) in [5.41, 5.74) is 13.2. The molecule has 0 amide bonds. The average molecular weight is 462 g/mol. The minimum absolute atomic E-state index is 0. The number of aryl methyl sites for hydroxylation is 1. The first-order valence-corrected chi connectivity index (χ1v) is 9.32. The van der Waals surface area contributed by atoms with Gasteiger partial charge in [0.05, 0.1) is 6.61 Å². The zero-order chi connectivity index (χ0) is 20.0. The Kier molecular flexibility index (Phi) is 8.04. The van der Waals surface area contributed by atoms with Crippen molar-refractivity contribution in [2.75, 3.05) is 6.61 Å². The summed E-state index contributed by atoms with van der Waals surface area (Å²) in [6.07, 6.45) is 1.95. The number of hydroxylamine groups is 2. The third kappa shape index (κ3) is 6.47. The number of hydrogen-bond acceptors (Lipinski definition) is 7. The molecule has 7 nitrogen and oxygen atoms in total. The van der Waals surface area contributed by atoms with Crippen LogP contribution in [0.15, 0.2) is 64.6 Å². The number of rotatable bonds is 8. The number of hydrogen-bond donors (Lipinski definition) is 2. The first-order chi connectivity index (χ1) is 13.4. The second-order valence-electron chi connectivity index (χ2n) is 7.09. The average Bonchev–Trinajstić information content (AvgIpc) is 2.65. The lowest BCUT2D eigenvalue weighted by Crippen LogP contribution is -2.53. The van der Waals surface area contributed by atoms with E-state index in [0.717, 1.165) is 24.2 Å². The fourth-order valence-corrected chi connectivity index (χ4v) is 2.99. The molecule has 0 aliphatic carbocycles. The number of guanidine groups is 2. The summed E-state index contributed by atoms with van der Waals surface area (Å²) in [6.45, 7) is 4.68. The van der Waals surface area contributed by atoms with Gasteiger partial charge in [0.25, 0.3) is 0 Å². The monoisotopic (exact) mass is 461 g/mol. The normalized spacial score (nSPS) is 15.2. The predicted molar refractivity (Wildman–Crippen MR) is 121 cm³/mol. The smallest absolute Gasteiger partial charge is 0.226 e. The second kappa shape index (κ2) is 10.3. The van der Waals surface area contributed by atoms with Crippen LogP contribution in [-0.4, -0.2) is 29.3 Å². The minimum Gasteiger partial charge on any atom is -0.494 e. The van der Waals surface area contributed by atoms with E-state index in [1.54, 1.807) is 0 Å². The lowest BCUT2D eigenvalue weighted by Gasteiger charge is -2.36. The van der Waals surface area contributed by atoms with Crippen LogP contribution in [0.2, 0.25) is 0 Å². The van der Waals surface area contributed by atoms with Crippen molar-refractivity contribution in [2.24, 2.45) is 21.5 Å². The zero-order valence-electron chi connectivity index (χ0n) is 16.7. The molecule has 1 heterocycles. The predicted octanol–water partition coefficient (Wildman–Crippen LogP) is 3.39. The molecule has 8 heteroatoms. The van der Waals surface area contributed by atoms with Gasteiger partial charge >= 0.3 is 0 Å². The maximum absolute atomic E-state index is 5.93. The number of halogens is 1. The molecule has 2 aromatic carbocycles. The van der Waals surface area contributed by atoms with Gasteiger partial charge in [0.15, 0.2) is 5.66 Å². The Morgan fingerprint density at radius 1 is 1.00 bits per heavy atom. The van der Waals surface area contributed by atoms with Crippen LogP contribution < -0.4 is 16.2 Å². The first kappa shape index (κ1) is 22.7. The summed E-state index contributed by atoms with van der Waals surface area (Å²) in [5.74, 6) is 1.15. The number of benzene rings is 2. The van der Waals surface area contributed by atoms with E-state index in [0.29, 0.717) is 13.2 Å². The highest BCUT2D eigenvalue weighted by atomic mass is 79.9. The number of nitrogens with two attached hydrogens (primary N) is 2. The molecular formula is C21H28BrN5O2. The molecule has 0 atom stereocenters. The second-order valence-corrected chi connectivity index (χ2v) is 7.09. The molecule has 3 rings (SSSR count). The largest absolute Gasteiger partial charge is 0.494 e. The number of ether oxygens (including phenoxy) is 1. The summed E-state index contributed by atoms with van der Waals surface area (Å²) < 4.78 is 5.88. The Balaban J connectivity index is 0.00000300. The van der Waals surface area contributed by atoms with Gasteiger partial charge in [-0.25, -0.2) is 4.99 Å². The molecule has 156 valence electrons. The van der Waals surface area contributed by atoms with E-state index in [1.807, 2.05) is 44.2 Å². The van der Waals surface area contributed by atoms with Crippen molar-refractivity contribution in [3.8, 4) is 5.75 Å². The molecule has 0 saturated carbocycles. The third-order valence-electron chi connectivity index (χ3n) is 4.30. The number of nitrogens with zero attached hydrogens (tertiary/aromatic N) is 3. The van der Waals surface area contributed by atoms with Crippen molar-refractivity contribution in [1.29, 1.82) is 0 Å². The Morgan fingerprint density at radius 2 is 1.72 bits per heavy atom. The highest BCUT2D eigenvalue weighted by Crippen LogP contribution is 2.22. The summed E-state index contributed by atoms with van der Waals surface area (Å²) in [5, 5.41) is 1.47.